The zero-order valence-corrected chi connectivity index (χ0v) is 19.3. The van der Waals surface area contributed by atoms with Crippen LogP contribution in [0.3, 0.4) is 0 Å². The maximum absolute atomic E-state index is 11.8. The second-order valence-corrected chi connectivity index (χ2v) is 8.67. The van der Waals surface area contributed by atoms with E-state index in [2.05, 4.69) is 96.2 Å². The predicted octanol–water partition coefficient (Wildman–Crippen LogP) is 7.43. The van der Waals surface area contributed by atoms with Crippen molar-refractivity contribution in [2.45, 2.75) is 6.92 Å². The molecule has 1 aromatic heterocycles. The molecule has 0 atom stereocenters. The van der Waals surface area contributed by atoms with Crippen LogP contribution in [0.25, 0.3) is 49.7 Å². The fourth-order valence-corrected chi connectivity index (χ4v) is 4.74. The van der Waals surface area contributed by atoms with E-state index in [-0.39, 0.29) is 5.91 Å². The second kappa shape index (κ2) is 8.26. The minimum absolute atomic E-state index is 0.233. The van der Waals surface area contributed by atoms with E-state index >= 15 is 0 Å². The van der Waals surface area contributed by atoms with E-state index in [0.29, 0.717) is 0 Å². The van der Waals surface area contributed by atoms with Crippen molar-refractivity contribution in [1.82, 2.24) is 9.55 Å². The normalized spacial score (nSPS) is 11.2. The Bertz CT molecular complexity index is 1740. The molecule has 0 radical (unpaired) electrons. The summed E-state index contributed by atoms with van der Waals surface area (Å²) in [5.41, 5.74) is 5.98. The zero-order chi connectivity index (χ0) is 23.9. The lowest BCUT2D eigenvalue weighted by Crippen LogP contribution is -2.07. The van der Waals surface area contributed by atoms with Gasteiger partial charge in [0.2, 0.25) is 5.91 Å². The van der Waals surface area contributed by atoms with E-state index in [9.17, 15) is 4.79 Å². The molecule has 6 rings (SSSR count). The van der Waals surface area contributed by atoms with Crippen molar-refractivity contribution in [3.63, 3.8) is 0 Å². The Morgan fingerprint density at radius 1 is 0.800 bits per heavy atom. The Morgan fingerprint density at radius 2 is 1.40 bits per heavy atom. The topological polar surface area (TPSA) is 46.9 Å². The van der Waals surface area contributed by atoms with Gasteiger partial charge in [-0.1, -0.05) is 84.9 Å². The van der Waals surface area contributed by atoms with E-state index in [0.717, 1.165) is 44.6 Å². The second-order valence-electron chi connectivity index (χ2n) is 8.67. The summed E-state index contributed by atoms with van der Waals surface area (Å²) in [5.74, 6) is 0.646. The highest BCUT2D eigenvalue weighted by Crippen LogP contribution is 2.39. The summed E-state index contributed by atoms with van der Waals surface area (Å²) in [7, 11) is 0. The third-order valence-electron chi connectivity index (χ3n) is 6.42. The molecule has 0 aliphatic rings. The number of aromatic nitrogens is 2. The summed E-state index contributed by atoms with van der Waals surface area (Å²) < 4.78 is 2.23. The number of aryl methyl sites for hydroxylation is 1. The average Bonchev–Trinajstić information content (AvgIpc) is 3.31. The van der Waals surface area contributed by atoms with Crippen LogP contribution in [0.4, 0.5) is 5.69 Å². The van der Waals surface area contributed by atoms with Gasteiger partial charge in [0.1, 0.15) is 5.82 Å². The molecule has 0 bridgehead atoms. The number of amides is 1. The highest BCUT2D eigenvalue weighted by atomic mass is 16.1. The van der Waals surface area contributed by atoms with Crippen LogP contribution >= 0.6 is 0 Å². The quantitative estimate of drug-likeness (QED) is 0.223. The molecule has 0 aliphatic carbocycles. The molecule has 0 spiro atoms. The van der Waals surface area contributed by atoms with Crippen LogP contribution in [0.5, 0.6) is 0 Å². The largest absolute Gasteiger partial charge is 0.323 e. The molecule has 5 aromatic carbocycles. The summed E-state index contributed by atoms with van der Waals surface area (Å²) in [4.78, 5) is 17.0. The first-order chi connectivity index (χ1) is 17.1. The summed E-state index contributed by atoms with van der Waals surface area (Å²) in [6, 6.07) is 33.3. The van der Waals surface area contributed by atoms with E-state index in [4.69, 9.17) is 4.98 Å². The number of benzene rings is 5. The summed E-state index contributed by atoms with van der Waals surface area (Å²) >= 11 is 0. The van der Waals surface area contributed by atoms with Crippen molar-refractivity contribution in [3.8, 4) is 17.1 Å². The van der Waals surface area contributed by atoms with Gasteiger partial charge in [0.05, 0.1) is 11.0 Å². The highest BCUT2D eigenvalue weighted by molar-refractivity contribution is 6.24. The number of fused-ring (bicyclic) bond motifs is 6. The molecule has 4 nitrogen and oxygen atoms in total. The van der Waals surface area contributed by atoms with E-state index in [1.54, 1.807) is 0 Å². The maximum Gasteiger partial charge on any atom is 0.247 e. The number of hydrogen-bond donors (Lipinski definition) is 1. The van der Waals surface area contributed by atoms with E-state index in [1.807, 2.05) is 24.3 Å². The first kappa shape index (κ1) is 20.9. The number of nitrogens with zero attached hydrogens (tertiary/aromatic N) is 2. The number of anilines is 1. The summed E-state index contributed by atoms with van der Waals surface area (Å²) in [5, 5.41) is 7.49. The van der Waals surface area contributed by atoms with Gasteiger partial charge < -0.3 is 5.32 Å². The van der Waals surface area contributed by atoms with Crippen LogP contribution in [-0.4, -0.2) is 15.5 Å². The van der Waals surface area contributed by atoms with Crippen LogP contribution in [0.2, 0.25) is 0 Å². The molecular formula is C31H23N3O. The molecular weight excluding hydrogens is 430 g/mol. The fourth-order valence-electron chi connectivity index (χ4n) is 4.74. The molecule has 1 heterocycles. The zero-order valence-electron chi connectivity index (χ0n) is 19.3. The Kier molecular flexibility index (Phi) is 4.93. The van der Waals surface area contributed by atoms with Gasteiger partial charge >= 0.3 is 0 Å². The molecule has 0 fully saturated rings. The van der Waals surface area contributed by atoms with Gasteiger partial charge in [-0.3, -0.25) is 9.36 Å². The lowest BCUT2D eigenvalue weighted by atomic mass is 10.00. The number of imidazole rings is 1. The molecule has 0 saturated heterocycles. The fraction of sp³-hybridized carbons (Fsp3) is 0.0323. The van der Waals surface area contributed by atoms with Gasteiger partial charge in [-0.15, -0.1) is 0 Å². The molecule has 168 valence electrons. The molecule has 35 heavy (non-hydrogen) atoms. The SMILES string of the molecule is C=CC(=O)Nc1ccc(-n2c(-c3ccc(C)cc3)nc3c4ccccc4c4ccccc4c32)cc1. The van der Waals surface area contributed by atoms with Crippen molar-refractivity contribution in [3.05, 3.63) is 115 Å². The Morgan fingerprint density at radius 3 is 2.06 bits per heavy atom. The molecule has 0 saturated carbocycles. The van der Waals surface area contributed by atoms with E-state index in [1.165, 1.54) is 22.4 Å². The minimum atomic E-state index is -0.233. The standard InChI is InChI=1S/C31H23N3O/c1-3-28(35)32-22-16-18-23(19-17-22)34-30-27-11-7-5-9-25(27)24-8-4-6-10-26(24)29(30)33-31(34)21-14-12-20(2)13-15-21/h3-19H,1H2,2H3,(H,32,35). The minimum Gasteiger partial charge on any atom is -0.323 e. The van der Waals surface area contributed by atoms with Gasteiger partial charge in [-0.05, 0) is 48.0 Å². The average molecular weight is 454 g/mol. The van der Waals surface area contributed by atoms with Gasteiger partial charge in [0.15, 0.2) is 0 Å². The molecule has 1 amide bonds. The molecule has 0 aliphatic heterocycles. The highest BCUT2D eigenvalue weighted by Gasteiger charge is 2.19. The molecule has 6 aromatic rings. The monoisotopic (exact) mass is 453 g/mol. The van der Waals surface area contributed by atoms with Crippen molar-refractivity contribution < 1.29 is 4.79 Å². The summed E-state index contributed by atoms with van der Waals surface area (Å²) in [6.45, 7) is 5.62. The predicted molar refractivity (Wildman–Crippen MR) is 145 cm³/mol. The van der Waals surface area contributed by atoms with Gasteiger partial charge in [0.25, 0.3) is 0 Å². The molecule has 0 unspecified atom stereocenters. The third-order valence-corrected chi connectivity index (χ3v) is 6.42. The van der Waals surface area contributed by atoms with Crippen LogP contribution in [-0.2, 0) is 4.79 Å². The van der Waals surface area contributed by atoms with Gasteiger partial charge in [-0.2, -0.15) is 0 Å². The number of carbonyl (C=O) groups is 1. The smallest absolute Gasteiger partial charge is 0.247 e. The molecule has 1 N–H and O–H groups in total. The first-order valence-electron chi connectivity index (χ1n) is 11.6. The lowest BCUT2D eigenvalue weighted by molar-refractivity contribution is -0.111. The third kappa shape index (κ3) is 3.47. The van der Waals surface area contributed by atoms with Gasteiger partial charge in [-0.25, -0.2) is 4.98 Å². The Labute approximate surface area is 203 Å². The number of hydrogen-bond acceptors (Lipinski definition) is 2. The van der Waals surface area contributed by atoms with Crippen molar-refractivity contribution in [2.24, 2.45) is 0 Å². The lowest BCUT2D eigenvalue weighted by Gasteiger charge is -2.13. The van der Waals surface area contributed by atoms with Crippen molar-refractivity contribution in [2.75, 3.05) is 5.32 Å². The Balaban J connectivity index is 1.71. The van der Waals surface area contributed by atoms with Gasteiger partial charge in [0, 0.05) is 27.7 Å². The van der Waals surface area contributed by atoms with Crippen LogP contribution < -0.4 is 5.32 Å². The summed E-state index contributed by atoms with van der Waals surface area (Å²) in [6.07, 6.45) is 1.27. The maximum atomic E-state index is 11.8. The van der Waals surface area contributed by atoms with E-state index < -0.39 is 0 Å². The number of carbonyl (C=O) groups excluding carboxylic acids is 1. The Hall–Kier alpha value is -4.70. The number of nitrogens with one attached hydrogen (secondary N) is 1. The van der Waals surface area contributed by atoms with Crippen molar-refractivity contribution >= 4 is 44.2 Å². The number of rotatable bonds is 4. The first-order valence-corrected chi connectivity index (χ1v) is 11.6. The van der Waals surface area contributed by atoms with Crippen molar-refractivity contribution in [1.29, 1.82) is 0 Å². The van der Waals surface area contributed by atoms with Crippen LogP contribution in [0.15, 0.2) is 110 Å². The molecule has 4 heteroatoms. The van der Waals surface area contributed by atoms with Crippen LogP contribution in [0.1, 0.15) is 5.56 Å². The van der Waals surface area contributed by atoms with Crippen LogP contribution in [0, 0.1) is 6.92 Å².